The van der Waals surface area contributed by atoms with Gasteiger partial charge in [-0.05, 0) is 40.0 Å². The molecule has 1 rings (SSSR count). The van der Waals surface area contributed by atoms with Crippen LogP contribution in [0.4, 0.5) is 0 Å². The van der Waals surface area contributed by atoms with Crippen LogP contribution in [0.15, 0.2) is 27.1 Å². The van der Waals surface area contributed by atoms with Crippen LogP contribution in [0.3, 0.4) is 0 Å². The quantitative estimate of drug-likeness (QED) is 0.727. The number of hydrogen-bond acceptors (Lipinski definition) is 3. The van der Waals surface area contributed by atoms with E-state index in [2.05, 4.69) is 37.2 Å². The zero-order chi connectivity index (χ0) is 15.1. The minimum Gasteiger partial charge on any atom is -0.483 e. The van der Waals surface area contributed by atoms with Gasteiger partial charge in [0.05, 0.1) is 4.47 Å². The van der Waals surface area contributed by atoms with Gasteiger partial charge in [-0.15, -0.1) is 0 Å². The van der Waals surface area contributed by atoms with Crippen LogP contribution in [0.2, 0.25) is 0 Å². The molecular weight excluding hydrogens is 394 g/mol. The molecule has 0 spiro atoms. The van der Waals surface area contributed by atoms with Gasteiger partial charge in [-0.2, -0.15) is 0 Å². The van der Waals surface area contributed by atoms with Crippen LogP contribution >= 0.6 is 31.9 Å². The lowest BCUT2D eigenvalue weighted by molar-refractivity contribution is -0.138. The number of carboxylic acids is 1. The number of nitrogens with one attached hydrogen (secondary N) is 1. The number of halogens is 2. The summed E-state index contributed by atoms with van der Waals surface area (Å²) in [6.45, 7) is 1.97. The second kappa shape index (κ2) is 8.26. The smallest absolute Gasteiger partial charge is 0.303 e. The molecule has 7 heteroatoms. The molecule has 0 aliphatic heterocycles. The van der Waals surface area contributed by atoms with Gasteiger partial charge in [0.15, 0.2) is 6.61 Å². The molecule has 1 aromatic rings. The molecule has 20 heavy (non-hydrogen) atoms. The Morgan fingerprint density at radius 1 is 1.40 bits per heavy atom. The largest absolute Gasteiger partial charge is 0.483 e. The fourth-order valence-corrected chi connectivity index (χ4v) is 2.61. The van der Waals surface area contributed by atoms with Gasteiger partial charge < -0.3 is 15.2 Å². The van der Waals surface area contributed by atoms with E-state index in [4.69, 9.17) is 9.84 Å². The Hall–Kier alpha value is -1.08. The van der Waals surface area contributed by atoms with E-state index >= 15 is 0 Å². The molecule has 0 aromatic heterocycles. The molecule has 0 heterocycles. The summed E-state index contributed by atoms with van der Waals surface area (Å²) < 4.78 is 7.03. The zero-order valence-electron chi connectivity index (χ0n) is 10.9. The number of ether oxygens (including phenoxy) is 1. The molecule has 0 aliphatic carbocycles. The monoisotopic (exact) mass is 407 g/mol. The molecule has 0 radical (unpaired) electrons. The lowest BCUT2D eigenvalue weighted by Crippen LogP contribution is -2.33. The Kier molecular flexibility index (Phi) is 7.01. The van der Waals surface area contributed by atoms with Gasteiger partial charge in [0, 0.05) is 17.4 Å². The van der Waals surface area contributed by atoms with Crippen LogP contribution in [0.5, 0.6) is 5.75 Å². The van der Waals surface area contributed by atoms with E-state index in [-0.39, 0.29) is 24.9 Å². The van der Waals surface area contributed by atoms with Crippen molar-refractivity contribution in [1.29, 1.82) is 0 Å². The van der Waals surface area contributed by atoms with Crippen molar-refractivity contribution in [1.82, 2.24) is 5.32 Å². The lowest BCUT2D eigenvalue weighted by Gasteiger charge is -2.11. The molecule has 0 fully saturated rings. The van der Waals surface area contributed by atoms with E-state index in [1.807, 2.05) is 12.1 Å². The first kappa shape index (κ1) is 17.0. The molecule has 110 valence electrons. The third-order valence-corrected chi connectivity index (χ3v) is 3.54. The van der Waals surface area contributed by atoms with Crippen molar-refractivity contribution in [2.75, 3.05) is 13.2 Å². The third kappa shape index (κ3) is 6.38. The Morgan fingerprint density at radius 2 is 2.10 bits per heavy atom. The Balaban J connectivity index is 2.34. The minimum absolute atomic E-state index is 0.0272. The summed E-state index contributed by atoms with van der Waals surface area (Å²) in [7, 11) is 0. The van der Waals surface area contributed by atoms with E-state index in [1.165, 1.54) is 0 Å². The summed E-state index contributed by atoms with van der Waals surface area (Å²) >= 11 is 6.66. The van der Waals surface area contributed by atoms with Gasteiger partial charge in [0.2, 0.25) is 0 Å². The summed E-state index contributed by atoms with van der Waals surface area (Å²) in [6.07, 6.45) is 0.0272. The lowest BCUT2D eigenvalue weighted by atomic mass is 10.1. The van der Waals surface area contributed by atoms with Gasteiger partial charge >= 0.3 is 5.97 Å². The van der Waals surface area contributed by atoms with Crippen molar-refractivity contribution in [3.63, 3.8) is 0 Å². The number of amides is 1. The highest BCUT2D eigenvalue weighted by Crippen LogP contribution is 2.27. The van der Waals surface area contributed by atoms with Crippen LogP contribution in [0.25, 0.3) is 0 Å². The van der Waals surface area contributed by atoms with E-state index in [1.54, 1.807) is 13.0 Å². The molecule has 1 amide bonds. The molecule has 2 N–H and O–H groups in total. The average Bonchev–Trinajstić information content (AvgIpc) is 2.34. The summed E-state index contributed by atoms with van der Waals surface area (Å²) in [4.78, 5) is 22.1. The zero-order valence-corrected chi connectivity index (χ0v) is 14.0. The highest BCUT2D eigenvalue weighted by Gasteiger charge is 2.10. The SMILES string of the molecule is CC(CNC(=O)COc1ccc(Br)cc1Br)CC(=O)O. The number of carboxylic acid groups (broad SMARTS) is 1. The molecule has 0 bridgehead atoms. The van der Waals surface area contributed by atoms with Crippen LogP contribution in [-0.2, 0) is 9.59 Å². The second-order valence-corrected chi connectivity index (χ2v) is 6.14. The van der Waals surface area contributed by atoms with Gasteiger partial charge in [-0.3, -0.25) is 9.59 Å². The van der Waals surface area contributed by atoms with Crippen molar-refractivity contribution in [3.8, 4) is 5.75 Å². The predicted molar refractivity (Wildman–Crippen MR) is 81.8 cm³/mol. The molecule has 0 saturated heterocycles. The second-order valence-electron chi connectivity index (χ2n) is 4.37. The number of carbonyl (C=O) groups excluding carboxylic acids is 1. The number of carbonyl (C=O) groups is 2. The summed E-state index contributed by atoms with van der Waals surface area (Å²) in [5, 5.41) is 11.2. The maximum atomic E-state index is 11.6. The number of aliphatic carboxylic acids is 1. The molecule has 1 aromatic carbocycles. The molecule has 0 aliphatic rings. The Morgan fingerprint density at radius 3 is 2.70 bits per heavy atom. The van der Waals surface area contributed by atoms with Gasteiger partial charge in [0.1, 0.15) is 5.75 Å². The van der Waals surface area contributed by atoms with Crippen LogP contribution in [0, 0.1) is 5.92 Å². The van der Waals surface area contributed by atoms with Gasteiger partial charge in [-0.25, -0.2) is 0 Å². The Bertz CT molecular complexity index is 493. The highest BCUT2D eigenvalue weighted by atomic mass is 79.9. The fraction of sp³-hybridized carbons (Fsp3) is 0.385. The van der Waals surface area contributed by atoms with E-state index in [0.717, 1.165) is 8.95 Å². The van der Waals surface area contributed by atoms with Crippen molar-refractivity contribution in [3.05, 3.63) is 27.1 Å². The van der Waals surface area contributed by atoms with Crippen LogP contribution < -0.4 is 10.1 Å². The molecule has 5 nitrogen and oxygen atoms in total. The molecule has 0 saturated carbocycles. The van der Waals surface area contributed by atoms with Crippen LogP contribution in [-0.4, -0.2) is 30.1 Å². The maximum Gasteiger partial charge on any atom is 0.303 e. The minimum atomic E-state index is -0.873. The number of benzene rings is 1. The topological polar surface area (TPSA) is 75.6 Å². The van der Waals surface area contributed by atoms with Gasteiger partial charge in [0.25, 0.3) is 5.91 Å². The first-order valence-corrected chi connectivity index (χ1v) is 7.53. The van der Waals surface area contributed by atoms with E-state index < -0.39 is 5.97 Å². The fourth-order valence-electron chi connectivity index (χ4n) is 1.44. The van der Waals surface area contributed by atoms with Crippen molar-refractivity contribution in [2.45, 2.75) is 13.3 Å². The normalized spacial score (nSPS) is 11.8. The van der Waals surface area contributed by atoms with Crippen LogP contribution in [0.1, 0.15) is 13.3 Å². The summed E-state index contributed by atoms with van der Waals surface area (Å²) in [5.41, 5.74) is 0. The van der Waals surface area contributed by atoms with Crippen molar-refractivity contribution >= 4 is 43.7 Å². The first-order chi connectivity index (χ1) is 9.38. The third-order valence-electron chi connectivity index (χ3n) is 2.42. The summed E-state index contributed by atoms with van der Waals surface area (Å²) in [6, 6.07) is 5.38. The highest BCUT2D eigenvalue weighted by molar-refractivity contribution is 9.11. The van der Waals surface area contributed by atoms with E-state index in [0.29, 0.717) is 12.3 Å². The predicted octanol–water partition coefficient (Wildman–Crippen LogP) is 2.82. The number of hydrogen-bond donors (Lipinski definition) is 2. The van der Waals surface area contributed by atoms with Crippen molar-refractivity contribution < 1.29 is 19.4 Å². The number of rotatable bonds is 7. The standard InChI is InChI=1S/C13H15Br2NO4/c1-8(4-13(18)19)6-16-12(17)7-20-11-3-2-9(14)5-10(11)15/h2-3,5,8H,4,6-7H2,1H3,(H,16,17)(H,18,19). The first-order valence-electron chi connectivity index (χ1n) is 5.95. The summed E-state index contributed by atoms with van der Waals surface area (Å²) in [5.74, 6) is -0.698. The van der Waals surface area contributed by atoms with Crippen molar-refractivity contribution in [2.24, 2.45) is 5.92 Å². The molecule has 1 unspecified atom stereocenters. The molecular formula is C13H15Br2NO4. The average molecular weight is 409 g/mol. The van der Waals surface area contributed by atoms with Gasteiger partial charge in [-0.1, -0.05) is 22.9 Å². The Labute approximate surface area is 134 Å². The molecule has 1 atom stereocenters. The van der Waals surface area contributed by atoms with E-state index in [9.17, 15) is 9.59 Å². The maximum absolute atomic E-state index is 11.6.